The molecule has 3 aromatic rings. The molecule has 0 saturated carbocycles. The highest BCUT2D eigenvalue weighted by Gasteiger charge is 2.30. The Hall–Kier alpha value is -3.46. The number of aryl methyl sites for hydroxylation is 1. The van der Waals surface area contributed by atoms with Gasteiger partial charge >= 0.3 is 0 Å². The first-order valence-electron chi connectivity index (χ1n) is 12.2. The van der Waals surface area contributed by atoms with Crippen LogP contribution in [-0.4, -0.2) is 55.4 Å². The third kappa shape index (κ3) is 6.02. The van der Waals surface area contributed by atoms with Crippen LogP contribution in [0.1, 0.15) is 37.3 Å². The Bertz CT molecular complexity index is 1270. The summed E-state index contributed by atoms with van der Waals surface area (Å²) in [5.74, 6) is 0.689. The summed E-state index contributed by atoms with van der Waals surface area (Å²) in [5, 5.41) is 0. The highest BCUT2D eigenvalue weighted by atomic mass is 32.2. The van der Waals surface area contributed by atoms with Gasteiger partial charge in [0.25, 0.3) is 10.0 Å². The molecule has 36 heavy (non-hydrogen) atoms. The summed E-state index contributed by atoms with van der Waals surface area (Å²) in [6.45, 7) is 9.04. The maximum atomic E-state index is 13.6. The molecule has 1 aliphatic rings. The number of carbonyl (C=O) groups excluding carboxylic acids is 1. The van der Waals surface area contributed by atoms with Crippen molar-refractivity contribution < 1.29 is 13.2 Å². The predicted molar refractivity (Wildman–Crippen MR) is 141 cm³/mol. The largest absolute Gasteiger partial charge is 0.368 e. The number of piperazine rings is 1. The molecule has 1 fully saturated rings. The number of amides is 1. The molecule has 2 aromatic carbocycles. The van der Waals surface area contributed by atoms with Gasteiger partial charge in [-0.2, -0.15) is 0 Å². The van der Waals surface area contributed by atoms with E-state index >= 15 is 0 Å². The number of carbonyl (C=O) groups is 1. The minimum atomic E-state index is -3.74. The lowest BCUT2D eigenvalue weighted by molar-refractivity contribution is -0.133. The summed E-state index contributed by atoms with van der Waals surface area (Å²) in [6, 6.07) is 16.5. The number of nitrogens with zero attached hydrogens (tertiary/aromatic N) is 4. The van der Waals surface area contributed by atoms with Crippen LogP contribution in [0.5, 0.6) is 0 Å². The van der Waals surface area contributed by atoms with Crippen LogP contribution >= 0.6 is 0 Å². The van der Waals surface area contributed by atoms with Gasteiger partial charge in [0, 0.05) is 38.1 Å². The average Bonchev–Trinajstić information content (AvgIpc) is 2.88. The molecule has 0 aliphatic carbocycles. The topological polar surface area (TPSA) is 95.5 Å². The minimum Gasteiger partial charge on any atom is -0.368 e. The highest BCUT2D eigenvalue weighted by Crippen LogP contribution is 2.29. The van der Waals surface area contributed by atoms with E-state index in [1.807, 2.05) is 17.0 Å². The summed E-state index contributed by atoms with van der Waals surface area (Å²) >= 11 is 0. The Morgan fingerprint density at radius 2 is 1.69 bits per heavy atom. The Morgan fingerprint density at radius 1 is 1.00 bits per heavy atom. The van der Waals surface area contributed by atoms with Gasteiger partial charge < -0.3 is 9.80 Å². The average molecular weight is 508 g/mol. The van der Waals surface area contributed by atoms with Crippen LogP contribution in [0, 0.1) is 12.8 Å². The molecule has 1 aliphatic heterocycles. The van der Waals surface area contributed by atoms with E-state index in [0.717, 1.165) is 23.2 Å². The molecule has 4 rings (SSSR count). The van der Waals surface area contributed by atoms with Crippen molar-refractivity contribution in [3.05, 3.63) is 78.2 Å². The molecular weight excluding hydrogens is 474 g/mol. The first-order chi connectivity index (χ1) is 17.2. The number of anilines is 2. The maximum Gasteiger partial charge on any atom is 0.263 e. The second-order valence-corrected chi connectivity index (χ2v) is 11.2. The van der Waals surface area contributed by atoms with E-state index in [1.54, 1.807) is 24.3 Å². The van der Waals surface area contributed by atoms with Crippen LogP contribution < -0.4 is 9.62 Å². The number of rotatable bonds is 8. The number of aromatic nitrogens is 2. The van der Waals surface area contributed by atoms with Crippen LogP contribution in [0.15, 0.2) is 72.0 Å². The molecule has 0 spiro atoms. The molecule has 1 saturated heterocycles. The first-order valence-corrected chi connectivity index (χ1v) is 13.7. The molecule has 1 atom stereocenters. The number of nitrogens with one attached hydrogen (secondary N) is 1. The molecule has 1 unspecified atom stereocenters. The fraction of sp³-hybridized carbons (Fsp3) is 0.370. The van der Waals surface area contributed by atoms with E-state index in [4.69, 9.17) is 0 Å². The van der Waals surface area contributed by atoms with Gasteiger partial charge in [0.2, 0.25) is 5.91 Å². The Labute approximate surface area is 213 Å². The normalized spacial score (nSPS) is 15.1. The van der Waals surface area contributed by atoms with Gasteiger partial charge in [0.05, 0.1) is 10.8 Å². The number of hydrogen-bond donors (Lipinski definition) is 1. The standard InChI is InChI=1S/C27H33N5O3S/c1-20(2)18-25(24-7-5-4-6-21(24)3)27(33)32-16-14-31(15-17-32)22-8-10-23(11-9-22)36(34,35)30-26-12-13-28-19-29-26/h4-13,19-20,25H,14-18H2,1-3H3,(H,28,29,30). The Morgan fingerprint density at radius 3 is 2.31 bits per heavy atom. The second kappa shape index (κ2) is 11.1. The van der Waals surface area contributed by atoms with Crippen LogP contribution in [0.3, 0.4) is 0 Å². The molecular formula is C27H33N5O3S. The van der Waals surface area contributed by atoms with Gasteiger partial charge in [0.1, 0.15) is 12.1 Å². The summed E-state index contributed by atoms with van der Waals surface area (Å²) in [6.07, 6.45) is 3.59. The van der Waals surface area contributed by atoms with Crippen LogP contribution in [0.2, 0.25) is 0 Å². The van der Waals surface area contributed by atoms with Gasteiger partial charge in [-0.15, -0.1) is 0 Å². The van der Waals surface area contributed by atoms with E-state index in [9.17, 15) is 13.2 Å². The van der Waals surface area contributed by atoms with Crippen molar-refractivity contribution in [2.45, 2.75) is 38.0 Å². The third-order valence-electron chi connectivity index (χ3n) is 6.49. The van der Waals surface area contributed by atoms with E-state index in [-0.39, 0.29) is 22.5 Å². The molecule has 8 nitrogen and oxygen atoms in total. The molecule has 1 N–H and O–H groups in total. The summed E-state index contributed by atoms with van der Waals surface area (Å²) in [5.41, 5.74) is 3.20. The van der Waals surface area contributed by atoms with Crippen LogP contribution in [0.4, 0.5) is 11.5 Å². The van der Waals surface area contributed by atoms with E-state index in [2.05, 4.69) is 52.5 Å². The number of hydrogen-bond acceptors (Lipinski definition) is 6. The molecule has 1 aromatic heterocycles. The third-order valence-corrected chi connectivity index (χ3v) is 7.86. The zero-order valence-electron chi connectivity index (χ0n) is 21.0. The van der Waals surface area contributed by atoms with Crippen molar-refractivity contribution in [3.8, 4) is 0 Å². The summed E-state index contributed by atoms with van der Waals surface area (Å²) in [4.78, 5) is 25.6. The molecule has 9 heteroatoms. The molecule has 1 amide bonds. The lowest BCUT2D eigenvalue weighted by atomic mass is 9.86. The van der Waals surface area contributed by atoms with Crippen molar-refractivity contribution in [2.24, 2.45) is 5.92 Å². The fourth-order valence-electron chi connectivity index (χ4n) is 4.60. The van der Waals surface area contributed by atoms with E-state index < -0.39 is 10.0 Å². The fourth-order valence-corrected chi connectivity index (χ4v) is 5.61. The molecule has 190 valence electrons. The zero-order chi connectivity index (χ0) is 25.7. The van der Waals surface area contributed by atoms with Gasteiger partial charge in [-0.25, -0.2) is 18.4 Å². The summed E-state index contributed by atoms with van der Waals surface area (Å²) in [7, 11) is -3.74. The van der Waals surface area contributed by atoms with Gasteiger partial charge in [0.15, 0.2) is 0 Å². The second-order valence-electron chi connectivity index (χ2n) is 9.55. The van der Waals surface area contributed by atoms with Crippen LogP contribution in [0.25, 0.3) is 0 Å². The molecule has 0 bridgehead atoms. The predicted octanol–water partition coefficient (Wildman–Crippen LogP) is 4.06. The van der Waals surface area contributed by atoms with E-state index in [1.165, 1.54) is 18.6 Å². The van der Waals surface area contributed by atoms with Crippen molar-refractivity contribution in [2.75, 3.05) is 35.8 Å². The number of sulfonamides is 1. The van der Waals surface area contributed by atoms with Gasteiger partial charge in [-0.05, 0) is 60.7 Å². The molecule has 2 heterocycles. The van der Waals surface area contributed by atoms with Crippen LogP contribution in [-0.2, 0) is 14.8 Å². The van der Waals surface area contributed by atoms with Crippen molar-refractivity contribution in [1.82, 2.24) is 14.9 Å². The van der Waals surface area contributed by atoms with Gasteiger partial charge in [-0.3, -0.25) is 9.52 Å². The maximum absolute atomic E-state index is 13.6. The smallest absolute Gasteiger partial charge is 0.263 e. The van der Waals surface area contributed by atoms with Gasteiger partial charge in [-0.1, -0.05) is 38.1 Å². The minimum absolute atomic E-state index is 0.135. The lowest BCUT2D eigenvalue weighted by Crippen LogP contribution is -2.50. The quantitative estimate of drug-likeness (QED) is 0.494. The summed E-state index contributed by atoms with van der Waals surface area (Å²) < 4.78 is 27.8. The first kappa shape index (κ1) is 25.6. The van der Waals surface area contributed by atoms with E-state index in [0.29, 0.717) is 32.1 Å². The van der Waals surface area contributed by atoms with Crippen molar-refractivity contribution >= 4 is 27.4 Å². The Balaban J connectivity index is 1.40. The lowest BCUT2D eigenvalue weighted by Gasteiger charge is -2.38. The highest BCUT2D eigenvalue weighted by molar-refractivity contribution is 7.92. The number of benzene rings is 2. The molecule has 0 radical (unpaired) electrons. The Kier molecular flexibility index (Phi) is 7.88. The monoisotopic (exact) mass is 507 g/mol. The van der Waals surface area contributed by atoms with Crippen molar-refractivity contribution in [1.29, 1.82) is 0 Å². The zero-order valence-corrected chi connectivity index (χ0v) is 21.8. The van der Waals surface area contributed by atoms with Crippen molar-refractivity contribution in [3.63, 3.8) is 0 Å². The SMILES string of the molecule is Cc1ccccc1C(CC(C)C)C(=O)N1CCN(c2ccc(S(=O)(=O)Nc3ccncn3)cc2)CC1.